The van der Waals surface area contributed by atoms with Gasteiger partial charge in [-0.25, -0.2) is 0 Å². The molecule has 1 heteroatoms. The smallest absolute Gasteiger partial charge is 0.0217 e. The molecule has 0 unspecified atom stereocenters. The van der Waals surface area contributed by atoms with E-state index in [9.17, 15) is 0 Å². The molecular formula is C19H21N. The van der Waals surface area contributed by atoms with Gasteiger partial charge in [0, 0.05) is 11.3 Å². The van der Waals surface area contributed by atoms with Crippen LogP contribution < -0.4 is 5.73 Å². The molecule has 0 heterocycles. The number of unbranched alkanes of at least 4 members (excludes halogenated alkanes) is 1. The van der Waals surface area contributed by atoms with E-state index in [2.05, 4.69) is 48.5 Å². The Kier molecular flexibility index (Phi) is 2.71. The summed E-state index contributed by atoms with van der Waals surface area (Å²) >= 11 is 0. The molecule has 2 aliphatic carbocycles. The highest BCUT2D eigenvalue weighted by molar-refractivity contribution is 5.62. The number of rotatable bonds is 4. The van der Waals surface area contributed by atoms with E-state index in [0.29, 0.717) is 5.92 Å². The lowest BCUT2D eigenvalue weighted by molar-refractivity contribution is 0.461. The summed E-state index contributed by atoms with van der Waals surface area (Å²) in [6, 6.07) is 18.2. The Morgan fingerprint density at radius 3 is 2.10 bits per heavy atom. The number of nitrogens with two attached hydrogens (primary N) is 1. The molecule has 0 saturated carbocycles. The Morgan fingerprint density at radius 1 is 0.900 bits per heavy atom. The molecule has 2 aromatic rings. The normalized spacial score (nSPS) is 25.6. The van der Waals surface area contributed by atoms with Crippen LogP contribution in [-0.4, -0.2) is 6.54 Å². The lowest BCUT2D eigenvalue weighted by Gasteiger charge is -2.31. The molecule has 0 spiro atoms. The first kappa shape index (κ1) is 12.2. The molecule has 0 aromatic heterocycles. The van der Waals surface area contributed by atoms with Gasteiger partial charge in [-0.2, -0.15) is 0 Å². The van der Waals surface area contributed by atoms with Crippen molar-refractivity contribution in [3.05, 3.63) is 70.8 Å². The molecule has 0 saturated heterocycles. The Labute approximate surface area is 120 Å². The summed E-state index contributed by atoms with van der Waals surface area (Å²) in [7, 11) is 0. The molecule has 2 aromatic carbocycles. The third-order valence-electron chi connectivity index (χ3n) is 5.31. The highest BCUT2D eigenvalue weighted by Gasteiger charge is 2.51. The standard InChI is InChI=1S/C19H21N/c20-12-6-5-11-19-13-16(14-7-1-3-9-17(14)19)15-8-2-4-10-18(15)19/h1-4,7-10,16H,5-6,11-13,20H2. The van der Waals surface area contributed by atoms with Crippen LogP contribution in [0.25, 0.3) is 0 Å². The topological polar surface area (TPSA) is 26.0 Å². The van der Waals surface area contributed by atoms with E-state index < -0.39 is 0 Å². The number of benzene rings is 2. The molecule has 0 fully saturated rings. The van der Waals surface area contributed by atoms with Crippen LogP contribution >= 0.6 is 0 Å². The van der Waals surface area contributed by atoms with Crippen LogP contribution in [0.4, 0.5) is 0 Å². The van der Waals surface area contributed by atoms with Crippen molar-refractivity contribution < 1.29 is 0 Å². The monoisotopic (exact) mass is 263 g/mol. The van der Waals surface area contributed by atoms with Gasteiger partial charge in [0.25, 0.3) is 0 Å². The van der Waals surface area contributed by atoms with Crippen LogP contribution in [0.15, 0.2) is 48.5 Å². The fraction of sp³-hybridized carbons (Fsp3) is 0.368. The lowest BCUT2D eigenvalue weighted by Crippen LogP contribution is -2.24. The van der Waals surface area contributed by atoms with Gasteiger partial charge < -0.3 is 5.73 Å². The average molecular weight is 263 g/mol. The molecule has 0 radical (unpaired) electrons. The Hall–Kier alpha value is -1.60. The predicted molar refractivity (Wildman–Crippen MR) is 83.0 cm³/mol. The summed E-state index contributed by atoms with van der Waals surface area (Å²) in [4.78, 5) is 0. The minimum absolute atomic E-state index is 0.271. The van der Waals surface area contributed by atoms with E-state index in [4.69, 9.17) is 5.73 Å². The second kappa shape index (κ2) is 4.46. The summed E-state index contributed by atoms with van der Waals surface area (Å²) in [5.74, 6) is 0.625. The zero-order valence-electron chi connectivity index (χ0n) is 11.8. The van der Waals surface area contributed by atoms with E-state index in [-0.39, 0.29) is 5.41 Å². The first-order valence-electron chi connectivity index (χ1n) is 7.76. The first-order valence-corrected chi connectivity index (χ1v) is 7.76. The second-order valence-electron chi connectivity index (χ2n) is 6.26. The van der Waals surface area contributed by atoms with Crippen molar-refractivity contribution in [2.45, 2.75) is 37.0 Å². The van der Waals surface area contributed by atoms with Crippen molar-refractivity contribution in [1.29, 1.82) is 0 Å². The number of hydrogen-bond acceptors (Lipinski definition) is 1. The molecule has 1 nitrogen and oxygen atoms in total. The van der Waals surface area contributed by atoms with Gasteiger partial charge in [0.2, 0.25) is 0 Å². The summed E-state index contributed by atoms with van der Waals surface area (Å²) in [5.41, 5.74) is 12.3. The van der Waals surface area contributed by atoms with E-state index in [1.165, 1.54) is 19.3 Å². The van der Waals surface area contributed by atoms with Crippen molar-refractivity contribution in [2.24, 2.45) is 5.73 Å². The SMILES string of the molecule is NCCCCC12CC(c3ccccc31)c1ccccc12. The molecule has 2 N–H and O–H groups in total. The number of hydrogen-bond donors (Lipinski definition) is 1. The molecule has 20 heavy (non-hydrogen) atoms. The van der Waals surface area contributed by atoms with Gasteiger partial charge in [-0.05, 0) is 48.1 Å². The summed E-state index contributed by atoms with van der Waals surface area (Å²) in [6.45, 7) is 0.808. The fourth-order valence-electron chi connectivity index (χ4n) is 4.52. The Morgan fingerprint density at radius 2 is 1.50 bits per heavy atom. The van der Waals surface area contributed by atoms with Crippen molar-refractivity contribution >= 4 is 0 Å². The van der Waals surface area contributed by atoms with Crippen molar-refractivity contribution in [1.82, 2.24) is 0 Å². The summed E-state index contributed by atoms with van der Waals surface area (Å²) < 4.78 is 0. The van der Waals surface area contributed by atoms with E-state index in [1.54, 1.807) is 22.3 Å². The zero-order valence-corrected chi connectivity index (χ0v) is 11.8. The quantitative estimate of drug-likeness (QED) is 0.830. The third-order valence-corrected chi connectivity index (χ3v) is 5.31. The molecule has 0 amide bonds. The summed E-state index contributed by atoms with van der Waals surface area (Å²) in [6.07, 6.45) is 4.88. The third kappa shape index (κ3) is 1.47. The molecule has 102 valence electrons. The van der Waals surface area contributed by atoms with Crippen molar-refractivity contribution in [2.75, 3.05) is 6.54 Å². The highest BCUT2D eigenvalue weighted by atomic mass is 14.6. The van der Waals surface area contributed by atoms with Crippen LogP contribution in [0.1, 0.15) is 53.9 Å². The van der Waals surface area contributed by atoms with Crippen molar-refractivity contribution in [3.8, 4) is 0 Å². The van der Waals surface area contributed by atoms with Gasteiger partial charge in [0.05, 0.1) is 0 Å². The van der Waals surface area contributed by atoms with E-state index >= 15 is 0 Å². The maximum absolute atomic E-state index is 5.70. The first-order chi connectivity index (χ1) is 9.87. The van der Waals surface area contributed by atoms with Gasteiger partial charge in [-0.15, -0.1) is 0 Å². The molecule has 0 aliphatic heterocycles. The maximum Gasteiger partial charge on any atom is 0.0217 e. The minimum Gasteiger partial charge on any atom is -0.330 e. The number of fused-ring (bicyclic) bond motifs is 8. The van der Waals surface area contributed by atoms with E-state index in [1.807, 2.05) is 0 Å². The van der Waals surface area contributed by atoms with Crippen LogP contribution in [0.5, 0.6) is 0 Å². The lowest BCUT2D eigenvalue weighted by atomic mass is 9.72. The fourth-order valence-corrected chi connectivity index (χ4v) is 4.52. The van der Waals surface area contributed by atoms with Gasteiger partial charge in [0.1, 0.15) is 0 Å². The van der Waals surface area contributed by atoms with Gasteiger partial charge >= 0.3 is 0 Å². The van der Waals surface area contributed by atoms with Crippen LogP contribution in [0.2, 0.25) is 0 Å². The largest absolute Gasteiger partial charge is 0.330 e. The average Bonchev–Trinajstić information content (AvgIpc) is 3.01. The summed E-state index contributed by atoms with van der Waals surface area (Å²) in [5, 5.41) is 0. The second-order valence-corrected chi connectivity index (χ2v) is 6.26. The van der Waals surface area contributed by atoms with Crippen LogP contribution in [-0.2, 0) is 5.41 Å². The van der Waals surface area contributed by atoms with Crippen LogP contribution in [0.3, 0.4) is 0 Å². The molecule has 2 bridgehead atoms. The predicted octanol–water partition coefficient (Wildman–Crippen LogP) is 3.95. The van der Waals surface area contributed by atoms with Crippen LogP contribution in [0, 0.1) is 0 Å². The van der Waals surface area contributed by atoms with Crippen molar-refractivity contribution in [3.63, 3.8) is 0 Å². The van der Waals surface area contributed by atoms with Gasteiger partial charge in [-0.3, -0.25) is 0 Å². The molecule has 2 aliphatic rings. The van der Waals surface area contributed by atoms with Gasteiger partial charge in [0.15, 0.2) is 0 Å². The van der Waals surface area contributed by atoms with E-state index in [0.717, 1.165) is 13.0 Å². The highest BCUT2D eigenvalue weighted by Crippen LogP contribution is 2.61. The molecule has 0 atom stereocenters. The van der Waals surface area contributed by atoms with Gasteiger partial charge in [-0.1, -0.05) is 55.0 Å². The Balaban J connectivity index is 1.84. The molecule has 4 rings (SSSR count). The molecular weight excluding hydrogens is 242 g/mol. The maximum atomic E-state index is 5.70. The zero-order chi connectivity index (χ0) is 13.6. The minimum atomic E-state index is 0.271. The Bertz CT molecular complexity index is 596.